The molecule has 0 amide bonds. The van der Waals surface area contributed by atoms with E-state index < -0.39 is 4.92 Å². The van der Waals surface area contributed by atoms with Gasteiger partial charge in [0.1, 0.15) is 5.75 Å². The molecule has 104 valence electrons. The van der Waals surface area contributed by atoms with Gasteiger partial charge in [-0.3, -0.25) is 10.1 Å². The normalized spacial score (nSPS) is 21.8. The third-order valence-corrected chi connectivity index (χ3v) is 3.43. The maximum Gasteiger partial charge on any atom is 0.270 e. The van der Waals surface area contributed by atoms with E-state index >= 15 is 0 Å². The van der Waals surface area contributed by atoms with Gasteiger partial charge in [-0.1, -0.05) is 0 Å². The van der Waals surface area contributed by atoms with Gasteiger partial charge in [0.15, 0.2) is 0 Å². The van der Waals surface area contributed by atoms with Crippen LogP contribution in [0.15, 0.2) is 18.2 Å². The molecule has 6 nitrogen and oxygen atoms in total. The third-order valence-electron chi connectivity index (χ3n) is 3.43. The smallest absolute Gasteiger partial charge is 0.270 e. The largest absolute Gasteiger partial charge is 0.496 e. The number of rotatable bonds is 6. The highest BCUT2D eigenvalue weighted by Gasteiger charge is 2.26. The van der Waals surface area contributed by atoms with Gasteiger partial charge in [-0.05, 0) is 31.4 Å². The molecule has 0 bridgehead atoms. The number of non-ortho nitro benzene ring substituents is 1. The summed E-state index contributed by atoms with van der Waals surface area (Å²) in [5.41, 5.74) is 0.841. The molecule has 1 aromatic rings. The highest BCUT2D eigenvalue weighted by Crippen LogP contribution is 2.27. The van der Waals surface area contributed by atoms with Crippen molar-refractivity contribution in [1.29, 1.82) is 0 Å². The number of nitro benzene ring substituents is 1. The second-order valence-electron chi connectivity index (χ2n) is 4.88. The van der Waals surface area contributed by atoms with Crippen LogP contribution in [0, 0.1) is 16.0 Å². The molecule has 1 fully saturated rings. The summed E-state index contributed by atoms with van der Waals surface area (Å²) in [6, 6.07) is 4.58. The van der Waals surface area contributed by atoms with Crippen LogP contribution in [0.5, 0.6) is 5.75 Å². The Morgan fingerprint density at radius 3 is 2.84 bits per heavy atom. The summed E-state index contributed by atoms with van der Waals surface area (Å²) in [6.07, 6.45) is 1.51. The average Bonchev–Trinajstić information content (AvgIpc) is 2.36. The number of nitrogens with one attached hydrogen (secondary N) is 1. The number of methoxy groups -OCH3 is 1. The zero-order valence-electron chi connectivity index (χ0n) is 10.8. The minimum atomic E-state index is -0.411. The van der Waals surface area contributed by atoms with Crippen LogP contribution in [-0.4, -0.2) is 29.8 Å². The van der Waals surface area contributed by atoms with Gasteiger partial charge in [0.2, 0.25) is 0 Å². The van der Waals surface area contributed by atoms with Crippen molar-refractivity contribution in [1.82, 2.24) is 5.32 Å². The van der Waals surface area contributed by atoms with Crippen LogP contribution >= 0.6 is 0 Å². The van der Waals surface area contributed by atoms with Gasteiger partial charge >= 0.3 is 0 Å². The fraction of sp³-hybridized carbons (Fsp3) is 0.538. The maximum atomic E-state index is 10.7. The monoisotopic (exact) mass is 266 g/mol. The molecule has 1 aromatic carbocycles. The van der Waals surface area contributed by atoms with Gasteiger partial charge in [0, 0.05) is 24.2 Å². The molecule has 0 atom stereocenters. The lowest BCUT2D eigenvalue weighted by molar-refractivity contribution is -0.384. The Bertz CT molecular complexity index is 458. The number of benzene rings is 1. The van der Waals surface area contributed by atoms with E-state index in [4.69, 9.17) is 4.74 Å². The number of ether oxygens (including phenoxy) is 1. The zero-order chi connectivity index (χ0) is 13.8. The first kappa shape index (κ1) is 13.8. The van der Waals surface area contributed by atoms with Crippen molar-refractivity contribution in [3.8, 4) is 5.75 Å². The van der Waals surface area contributed by atoms with Crippen molar-refractivity contribution in [3.05, 3.63) is 33.9 Å². The predicted molar refractivity (Wildman–Crippen MR) is 70.1 cm³/mol. The zero-order valence-corrected chi connectivity index (χ0v) is 10.8. The molecular formula is C13H18N2O4. The van der Waals surface area contributed by atoms with Crippen LogP contribution in [0.25, 0.3) is 0 Å². The summed E-state index contributed by atoms with van der Waals surface area (Å²) in [7, 11) is 1.55. The Morgan fingerprint density at radius 1 is 1.53 bits per heavy atom. The molecule has 6 heteroatoms. The van der Waals surface area contributed by atoms with E-state index in [1.54, 1.807) is 13.2 Å². The van der Waals surface area contributed by atoms with Crippen LogP contribution < -0.4 is 10.1 Å². The molecule has 0 aromatic heterocycles. The Balaban J connectivity index is 1.93. The standard InChI is InChI=1S/C13H18N2O4/c1-19-13-3-2-11(15(17)18)6-10(13)8-14-7-9-4-12(16)5-9/h2-3,6,9,12,14,16H,4-5,7-8H2,1H3. The summed E-state index contributed by atoms with van der Waals surface area (Å²) < 4.78 is 5.19. The van der Waals surface area contributed by atoms with Crippen molar-refractivity contribution < 1.29 is 14.8 Å². The third kappa shape index (κ3) is 3.42. The van der Waals surface area contributed by atoms with Gasteiger partial charge in [-0.25, -0.2) is 0 Å². The van der Waals surface area contributed by atoms with Gasteiger partial charge in [-0.15, -0.1) is 0 Å². The maximum absolute atomic E-state index is 10.7. The fourth-order valence-corrected chi connectivity index (χ4v) is 2.29. The molecule has 1 aliphatic rings. The van der Waals surface area contributed by atoms with Gasteiger partial charge in [0.05, 0.1) is 18.1 Å². The van der Waals surface area contributed by atoms with Crippen molar-refractivity contribution in [2.75, 3.05) is 13.7 Å². The Kier molecular flexibility index (Phi) is 4.34. The lowest BCUT2D eigenvalue weighted by Crippen LogP contribution is -2.35. The Labute approximate surface area is 111 Å². The number of aliphatic hydroxyl groups excluding tert-OH is 1. The van der Waals surface area contributed by atoms with E-state index in [9.17, 15) is 15.2 Å². The first-order chi connectivity index (χ1) is 9.10. The van der Waals surface area contributed by atoms with Gasteiger partial charge < -0.3 is 15.2 Å². The minimum absolute atomic E-state index is 0.0664. The van der Waals surface area contributed by atoms with E-state index in [2.05, 4.69) is 5.32 Å². The second-order valence-corrected chi connectivity index (χ2v) is 4.88. The molecule has 0 unspecified atom stereocenters. The second kappa shape index (κ2) is 5.99. The minimum Gasteiger partial charge on any atom is -0.496 e. The van der Waals surface area contributed by atoms with Gasteiger partial charge in [-0.2, -0.15) is 0 Å². The van der Waals surface area contributed by atoms with E-state index in [-0.39, 0.29) is 11.8 Å². The molecule has 0 spiro atoms. The van der Waals surface area contributed by atoms with Crippen molar-refractivity contribution in [2.45, 2.75) is 25.5 Å². The molecule has 0 heterocycles. The summed E-state index contributed by atoms with van der Waals surface area (Å²) in [4.78, 5) is 10.3. The average molecular weight is 266 g/mol. The topological polar surface area (TPSA) is 84.6 Å². The van der Waals surface area contributed by atoms with Crippen LogP contribution in [0.2, 0.25) is 0 Å². The highest BCUT2D eigenvalue weighted by molar-refractivity contribution is 5.43. The van der Waals surface area contributed by atoms with Crippen LogP contribution in [0.1, 0.15) is 18.4 Å². The summed E-state index contributed by atoms with van der Waals surface area (Å²) in [6.45, 7) is 1.33. The molecule has 1 saturated carbocycles. The SMILES string of the molecule is COc1ccc([N+](=O)[O-])cc1CNCC1CC(O)C1. The number of nitro groups is 1. The molecule has 2 rings (SSSR count). The van der Waals surface area contributed by atoms with Crippen molar-refractivity contribution in [3.63, 3.8) is 0 Å². The lowest BCUT2D eigenvalue weighted by atomic mass is 9.82. The first-order valence-corrected chi connectivity index (χ1v) is 6.30. The molecular weight excluding hydrogens is 248 g/mol. The van der Waals surface area contributed by atoms with Crippen molar-refractivity contribution in [2.24, 2.45) is 5.92 Å². The molecule has 19 heavy (non-hydrogen) atoms. The molecule has 0 radical (unpaired) electrons. The molecule has 0 aliphatic heterocycles. The fourth-order valence-electron chi connectivity index (χ4n) is 2.29. The van der Waals surface area contributed by atoms with Crippen LogP contribution in [0.4, 0.5) is 5.69 Å². The lowest BCUT2D eigenvalue weighted by Gasteiger charge is -2.31. The molecule has 2 N–H and O–H groups in total. The highest BCUT2D eigenvalue weighted by atomic mass is 16.6. The van der Waals surface area contributed by atoms with E-state index in [0.29, 0.717) is 18.2 Å². The first-order valence-electron chi connectivity index (χ1n) is 6.30. The molecule has 0 saturated heterocycles. The number of nitrogens with zero attached hydrogens (tertiary/aromatic N) is 1. The van der Waals surface area contributed by atoms with E-state index in [0.717, 1.165) is 24.9 Å². The van der Waals surface area contributed by atoms with E-state index in [1.807, 2.05) is 0 Å². The number of hydrogen-bond acceptors (Lipinski definition) is 5. The number of aliphatic hydroxyl groups is 1. The Hall–Kier alpha value is -1.66. The molecule has 1 aliphatic carbocycles. The Morgan fingerprint density at radius 2 is 2.26 bits per heavy atom. The predicted octanol–water partition coefficient (Wildman–Crippen LogP) is 1.46. The quantitative estimate of drug-likeness (QED) is 0.601. The van der Waals surface area contributed by atoms with Crippen molar-refractivity contribution >= 4 is 5.69 Å². The van der Waals surface area contributed by atoms with E-state index in [1.165, 1.54) is 12.1 Å². The van der Waals surface area contributed by atoms with Gasteiger partial charge in [0.25, 0.3) is 5.69 Å². The number of hydrogen-bond donors (Lipinski definition) is 2. The van der Waals surface area contributed by atoms with Crippen LogP contribution in [0.3, 0.4) is 0 Å². The summed E-state index contributed by atoms with van der Waals surface area (Å²) in [5.74, 6) is 1.14. The van der Waals surface area contributed by atoms with Crippen LogP contribution in [-0.2, 0) is 6.54 Å². The summed E-state index contributed by atoms with van der Waals surface area (Å²) >= 11 is 0. The summed E-state index contributed by atoms with van der Waals surface area (Å²) in [5, 5.41) is 23.2.